The molecule has 2 heterocycles. The number of benzene rings is 3. The highest BCUT2D eigenvalue weighted by Gasteiger charge is 2.11. The maximum atomic E-state index is 5.93. The number of para-hydroxylation sites is 3. The molecule has 0 spiro atoms. The minimum absolute atomic E-state index is 0.314. The molecule has 2 N–H and O–H groups in total. The molecule has 5 rings (SSSR count). The van der Waals surface area contributed by atoms with E-state index in [0.29, 0.717) is 24.8 Å². The number of hydrogen-bond acceptors (Lipinski definition) is 6. The smallest absolute Gasteiger partial charge is 0.345 e. The van der Waals surface area contributed by atoms with Gasteiger partial charge in [-0.3, -0.25) is 0 Å². The summed E-state index contributed by atoms with van der Waals surface area (Å²) < 4.78 is 7.49. The molecule has 0 atom stereocenters. The first-order valence-corrected chi connectivity index (χ1v) is 9.60. The van der Waals surface area contributed by atoms with Gasteiger partial charge in [0.25, 0.3) is 0 Å². The van der Waals surface area contributed by atoms with Crippen molar-refractivity contribution >= 4 is 11.0 Å². The fourth-order valence-corrected chi connectivity index (χ4v) is 3.21. The number of H-pyrrole nitrogens is 1. The lowest BCUT2D eigenvalue weighted by Gasteiger charge is -2.08. The average Bonchev–Trinajstić information content (AvgIpc) is 3.41. The van der Waals surface area contributed by atoms with Gasteiger partial charge in [-0.1, -0.05) is 47.6 Å². The van der Waals surface area contributed by atoms with Crippen LogP contribution in [0, 0.1) is 0 Å². The Balaban J connectivity index is 1.24. The Kier molecular flexibility index (Phi) is 4.89. The van der Waals surface area contributed by atoms with E-state index in [4.69, 9.17) is 4.74 Å². The number of imidazole rings is 1. The fraction of sp³-hybridized carbons (Fsp3) is 0.0909. The van der Waals surface area contributed by atoms with Gasteiger partial charge in [0, 0.05) is 6.54 Å². The van der Waals surface area contributed by atoms with Crippen molar-refractivity contribution in [2.24, 2.45) is 0 Å². The van der Waals surface area contributed by atoms with Gasteiger partial charge in [-0.2, -0.15) is 4.68 Å². The van der Waals surface area contributed by atoms with Gasteiger partial charge in [0.15, 0.2) is 0 Å². The number of hydrogen-bond donors (Lipinski definition) is 2. The van der Waals surface area contributed by atoms with E-state index in [0.717, 1.165) is 28.1 Å². The first kappa shape index (κ1) is 18.0. The van der Waals surface area contributed by atoms with Crippen LogP contribution in [0.1, 0.15) is 11.4 Å². The zero-order valence-corrected chi connectivity index (χ0v) is 16.1. The van der Waals surface area contributed by atoms with Crippen molar-refractivity contribution in [1.29, 1.82) is 0 Å². The monoisotopic (exact) mass is 397 g/mol. The third kappa shape index (κ3) is 3.89. The zero-order valence-electron chi connectivity index (χ0n) is 16.1. The van der Waals surface area contributed by atoms with Crippen LogP contribution in [0.3, 0.4) is 0 Å². The standard InChI is InChI=1S/C22H19N7O/c1-2-8-17(9-3-1)29-22(26-27-28-29)30-18-10-6-7-16(13-18)14-23-15-21-24-19-11-4-5-12-20(19)25-21/h1-13,23H,14-15H2,(H,24,25). The molecule has 8 nitrogen and oxygen atoms in total. The van der Waals surface area contributed by atoms with Gasteiger partial charge in [-0.15, -0.1) is 0 Å². The fourth-order valence-electron chi connectivity index (χ4n) is 3.21. The maximum Gasteiger partial charge on any atom is 0.345 e. The third-order valence-electron chi connectivity index (χ3n) is 4.61. The molecule has 148 valence electrons. The summed E-state index contributed by atoms with van der Waals surface area (Å²) in [5.74, 6) is 1.58. The number of rotatable bonds is 7. The van der Waals surface area contributed by atoms with Gasteiger partial charge in [0.1, 0.15) is 11.6 Å². The first-order chi connectivity index (χ1) is 14.8. The van der Waals surface area contributed by atoms with Crippen molar-refractivity contribution in [3.63, 3.8) is 0 Å². The summed E-state index contributed by atoms with van der Waals surface area (Å²) in [4.78, 5) is 7.90. The molecule has 0 amide bonds. The Morgan fingerprint density at radius 1 is 0.900 bits per heavy atom. The molecule has 8 heteroatoms. The predicted octanol–water partition coefficient (Wildman–Crippen LogP) is 3.62. The molecule has 0 saturated carbocycles. The molecule has 0 aliphatic carbocycles. The summed E-state index contributed by atoms with van der Waals surface area (Å²) in [6.45, 7) is 1.32. The average molecular weight is 397 g/mol. The van der Waals surface area contributed by atoms with Crippen molar-refractivity contribution in [1.82, 2.24) is 35.5 Å². The molecule has 0 saturated heterocycles. The van der Waals surface area contributed by atoms with E-state index >= 15 is 0 Å². The van der Waals surface area contributed by atoms with Crippen LogP contribution >= 0.6 is 0 Å². The molecule has 0 fully saturated rings. The maximum absolute atomic E-state index is 5.93. The molecular weight excluding hydrogens is 378 g/mol. The largest absolute Gasteiger partial charge is 0.423 e. The topological polar surface area (TPSA) is 93.5 Å². The van der Waals surface area contributed by atoms with Crippen molar-refractivity contribution in [2.75, 3.05) is 0 Å². The lowest BCUT2D eigenvalue weighted by atomic mass is 10.2. The Bertz CT molecular complexity index is 1230. The molecule has 2 aromatic heterocycles. The Hall–Kier alpha value is -4.04. The molecule has 3 aromatic carbocycles. The highest BCUT2D eigenvalue weighted by molar-refractivity contribution is 5.74. The quantitative estimate of drug-likeness (QED) is 0.436. The van der Waals surface area contributed by atoms with Crippen LogP contribution in [0.4, 0.5) is 0 Å². The van der Waals surface area contributed by atoms with Gasteiger partial charge in [0.2, 0.25) is 0 Å². The highest BCUT2D eigenvalue weighted by atomic mass is 16.5. The van der Waals surface area contributed by atoms with Crippen LogP contribution in [0.5, 0.6) is 11.8 Å². The first-order valence-electron chi connectivity index (χ1n) is 9.60. The molecular formula is C22H19N7O. The highest BCUT2D eigenvalue weighted by Crippen LogP contribution is 2.22. The summed E-state index contributed by atoms with van der Waals surface area (Å²) in [5, 5.41) is 15.1. The Labute approximate surface area is 172 Å². The number of aromatic nitrogens is 6. The second kappa shape index (κ2) is 8.14. The van der Waals surface area contributed by atoms with Crippen molar-refractivity contribution < 1.29 is 4.74 Å². The number of ether oxygens (including phenoxy) is 1. The molecule has 0 aliphatic heterocycles. The molecule has 0 radical (unpaired) electrons. The van der Waals surface area contributed by atoms with Crippen LogP contribution in [-0.4, -0.2) is 30.2 Å². The van der Waals surface area contributed by atoms with Gasteiger partial charge in [0.05, 0.1) is 23.3 Å². The SMILES string of the molecule is c1ccc(-n2nnnc2Oc2cccc(CNCc3nc4ccccc4[nH]3)c2)cc1. The molecule has 5 aromatic rings. The summed E-state index contributed by atoms with van der Waals surface area (Å²) in [6, 6.07) is 25.8. The van der Waals surface area contributed by atoms with E-state index in [1.165, 1.54) is 0 Å². The molecule has 0 unspecified atom stereocenters. The van der Waals surface area contributed by atoms with Crippen LogP contribution in [0.2, 0.25) is 0 Å². The summed E-state index contributed by atoms with van der Waals surface area (Å²) in [6.07, 6.45) is 0. The van der Waals surface area contributed by atoms with E-state index < -0.39 is 0 Å². The van der Waals surface area contributed by atoms with Gasteiger partial charge >= 0.3 is 6.01 Å². The summed E-state index contributed by atoms with van der Waals surface area (Å²) in [7, 11) is 0. The number of nitrogens with zero attached hydrogens (tertiary/aromatic N) is 5. The lowest BCUT2D eigenvalue weighted by molar-refractivity contribution is 0.426. The molecule has 0 bridgehead atoms. The molecule has 30 heavy (non-hydrogen) atoms. The number of tetrazole rings is 1. The number of aromatic amines is 1. The second-order valence-electron chi connectivity index (χ2n) is 6.76. The summed E-state index contributed by atoms with van der Waals surface area (Å²) >= 11 is 0. The lowest BCUT2D eigenvalue weighted by Crippen LogP contribution is -2.13. The van der Waals surface area contributed by atoms with E-state index in [-0.39, 0.29) is 0 Å². The van der Waals surface area contributed by atoms with Crippen LogP contribution in [0.25, 0.3) is 16.7 Å². The summed E-state index contributed by atoms with van der Waals surface area (Å²) in [5.41, 5.74) is 3.94. The van der Waals surface area contributed by atoms with Crippen LogP contribution in [-0.2, 0) is 13.1 Å². The van der Waals surface area contributed by atoms with E-state index in [1.54, 1.807) is 4.68 Å². The van der Waals surface area contributed by atoms with E-state index in [1.807, 2.05) is 78.9 Å². The van der Waals surface area contributed by atoms with Gasteiger partial charge in [-0.25, -0.2) is 4.98 Å². The van der Waals surface area contributed by atoms with Crippen molar-refractivity contribution in [3.8, 4) is 17.4 Å². The van der Waals surface area contributed by atoms with Gasteiger partial charge < -0.3 is 15.0 Å². The van der Waals surface area contributed by atoms with Crippen molar-refractivity contribution in [2.45, 2.75) is 13.1 Å². The molecule has 0 aliphatic rings. The van der Waals surface area contributed by atoms with E-state index in [9.17, 15) is 0 Å². The zero-order chi connectivity index (χ0) is 20.2. The van der Waals surface area contributed by atoms with E-state index in [2.05, 4.69) is 30.8 Å². The Morgan fingerprint density at radius 2 is 1.77 bits per heavy atom. The normalized spacial score (nSPS) is 11.1. The number of nitrogens with one attached hydrogen (secondary N) is 2. The van der Waals surface area contributed by atoms with Crippen LogP contribution in [0.15, 0.2) is 78.9 Å². The Morgan fingerprint density at radius 3 is 2.67 bits per heavy atom. The predicted molar refractivity (Wildman–Crippen MR) is 112 cm³/mol. The minimum atomic E-state index is 0.314. The van der Waals surface area contributed by atoms with Gasteiger partial charge in [-0.05, 0) is 52.4 Å². The number of fused-ring (bicyclic) bond motifs is 1. The minimum Gasteiger partial charge on any atom is -0.423 e. The van der Waals surface area contributed by atoms with Crippen LogP contribution < -0.4 is 10.1 Å². The second-order valence-corrected chi connectivity index (χ2v) is 6.76. The third-order valence-corrected chi connectivity index (χ3v) is 4.61. The van der Waals surface area contributed by atoms with Crippen molar-refractivity contribution in [3.05, 3.63) is 90.3 Å².